The Morgan fingerprint density at radius 2 is 1.89 bits per heavy atom. The van der Waals surface area contributed by atoms with Gasteiger partial charge in [-0.1, -0.05) is 24.3 Å². The lowest BCUT2D eigenvalue weighted by atomic mass is 9.93. The van der Waals surface area contributed by atoms with Gasteiger partial charge in [-0.25, -0.2) is 4.98 Å². The van der Waals surface area contributed by atoms with Crippen LogP contribution in [0.15, 0.2) is 54.7 Å². The van der Waals surface area contributed by atoms with Crippen LogP contribution >= 0.6 is 0 Å². The number of hydrogen-bond donors (Lipinski definition) is 5. The molecule has 2 aromatic carbocycles. The van der Waals surface area contributed by atoms with Crippen molar-refractivity contribution in [3.8, 4) is 5.75 Å². The molecule has 0 aliphatic heterocycles. The number of aliphatic hydroxyl groups excluding tert-OH is 1. The molecule has 0 spiro atoms. The number of carbonyl (C=O) groups excluding carboxylic acids is 1. The van der Waals surface area contributed by atoms with Crippen molar-refractivity contribution in [2.45, 2.75) is 52.2 Å². The maximum Gasteiger partial charge on any atom is 0.251 e. The van der Waals surface area contributed by atoms with Crippen molar-refractivity contribution in [3.05, 3.63) is 88.1 Å². The first-order valence-electron chi connectivity index (χ1n) is 11.9. The number of amides is 1. The molecule has 0 aliphatic carbocycles. The second-order valence-corrected chi connectivity index (χ2v) is 9.67. The minimum atomic E-state index is -0.694. The number of benzene rings is 2. The topological polar surface area (TPSA) is 120 Å². The Bertz CT molecular complexity index is 1160. The van der Waals surface area contributed by atoms with Crippen molar-refractivity contribution in [3.63, 3.8) is 0 Å². The first kappa shape index (κ1) is 26.2. The van der Waals surface area contributed by atoms with Gasteiger partial charge in [-0.05, 0) is 87.1 Å². The molecular weight excluding hydrogens is 440 g/mol. The van der Waals surface area contributed by atoms with Crippen molar-refractivity contribution in [1.29, 1.82) is 0 Å². The van der Waals surface area contributed by atoms with E-state index < -0.39 is 6.10 Å². The number of nitrogen functional groups attached to an aromatic ring is 1. The molecule has 1 aromatic heterocycles. The Kier molecular flexibility index (Phi) is 8.48. The fourth-order valence-corrected chi connectivity index (χ4v) is 4.05. The molecular formula is C28H36N4O3. The van der Waals surface area contributed by atoms with Crippen LogP contribution in [0.3, 0.4) is 0 Å². The van der Waals surface area contributed by atoms with Gasteiger partial charge in [-0.2, -0.15) is 0 Å². The molecule has 3 aromatic rings. The summed E-state index contributed by atoms with van der Waals surface area (Å²) in [7, 11) is 0. The van der Waals surface area contributed by atoms with Crippen LogP contribution in [0.1, 0.15) is 58.1 Å². The van der Waals surface area contributed by atoms with E-state index in [4.69, 9.17) is 5.73 Å². The normalized spacial score (nSPS) is 12.4. The van der Waals surface area contributed by atoms with Crippen molar-refractivity contribution in [2.24, 2.45) is 0 Å². The molecule has 1 heterocycles. The summed E-state index contributed by atoms with van der Waals surface area (Å²) < 4.78 is 0. The molecule has 0 bridgehead atoms. The third-order valence-corrected chi connectivity index (χ3v) is 6.35. The number of β-amino-alcohol motifs (C(OH)–C–C–N with tert-alkyl or cyclic N) is 1. The predicted molar refractivity (Wildman–Crippen MR) is 139 cm³/mol. The molecule has 6 N–H and O–H groups in total. The predicted octanol–water partition coefficient (Wildman–Crippen LogP) is 3.60. The Morgan fingerprint density at radius 3 is 2.60 bits per heavy atom. The summed E-state index contributed by atoms with van der Waals surface area (Å²) in [5.74, 6) is 0.599. The number of rotatable bonds is 10. The maximum absolute atomic E-state index is 12.7. The van der Waals surface area contributed by atoms with Gasteiger partial charge in [0.05, 0.1) is 6.10 Å². The smallest absolute Gasteiger partial charge is 0.251 e. The van der Waals surface area contributed by atoms with Crippen LogP contribution < -0.4 is 16.4 Å². The van der Waals surface area contributed by atoms with Crippen LogP contribution in [0, 0.1) is 13.8 Å². The van der Waals surface area contributed by atoms with Crippen molar-refractivity contribution in [2.75, 3.05) is 18.8 Å². The summed E-state index contributed by atoms with van der Waals surface area (Å²) in [6.07, 6.45) is 2.27. The molecule has 1 unspecified atom stereocenters. The Hall–Kier alpha value is -3.42. The van der Waals surface area contributed by atoms with E-state index in [1.54, 1.807) is 24.4 Å². The molecule has 35 heavy (non-hydrogen) atoms. The summed E-state index contributed by atoms with van der Waals surface area (Å²) in [4.78, 5) is 16.8. The summed E-state index contributed by atoms with van der Waals surface area (Å²) in [6, 6.07) is 14.7. The second kappa shape index (κ2) is 11.3. The third-order valence-electron chi connectivity index (χ3n) is 6.35. The van der Waals surface area contributed by atoms with Crippen molar-refractivity contribution >= 4 is 11.7 Å². The molecule has 0 fully saturated rings. The monoisotopic (exact) mass is 476 g/mol. The van der Waals surface area contributed by atoms with Crippen molar-refractivity contribution in [1.82, 2.24) is 15.6 Å². The number of hydrogen-bond acceptors (Lipinski definition) is 6. The number of nitrogens with one attached hydrogen (secondary N) is 2. The minimum Gasteiger partial charge on any atom is -0.508 e. The molecule has 0 radical (unpaired) electrons. The highest BCUT2D eigenvalue weighted by Crippen LogP contribution is 2.23. The third kappa shape index (κ3) is 7.28. The molecule has 1 atom stereocenters. The average molecular weight is 477 g/mol. The van der Waals surface area contributed by atoms with Gasteiger partial charge < -0.3 is 26.6 Å². The van der Waals surface area contributed by atoms with Gasteiger partial charge in [0, 0.05) is 36.0 Å². The molecule has 186 valence electrons. The zero-order valence-electron chi connectivity index (χ0n) is 20.9. The fourth-order valence-electron chi connectivity index (χ4n) is 4.05. The number of aromatic hydroxyl groups is 1. The number of phenols is 1. The van der Waals surface area contributed by atoms with E-state index in [0.717, 1.165) is 22.3 Å². The Morgan fingerprint density at radius 1 is 1.11 bits per heavy atom. The van der Waals surface area contributed by atoms with Gasteiger partial charge in [0.15, 0.2) is 0 Å². The molecule has 3 rings (SSSR count). The van der Waals surface area contributed by atoms with Gasteiger partial charge >= 0.3 is 0 Å². The fraction of sp³-hybridized carbons (Fsp3) is 0.357. The van der Waals surface area contributed by atoms with E-state index in [9.17, 15) is 15.0 Å². The number of nitrogens with zero attached hydrogens (tertiary/aromatic N) is 1. The SMILES string of the molecule is Cc1c(O)ccc(CCNC(=O)c2cccc(CC(C)(C)NCC(O)c3ccc(N)nc3)c2)c1C. The van der Waals surface area contributed by atoms with Crippen LogP contribution in [-0.4, -0.2) is 39.7 Å². The molecule has 1 amide bonds. The molecule has 0 saturated carbocycles. The van der Waals surface area contributed by atoms with Gasteiger partial charge in [0.2, 0.25) is 0 Å². The molecule has 7 nitrogen and oxygen atoms in total. The lowest BCUT2D eigenvalue weighted by Gasteiger charge is -2.28. The summed E-state index contributed by atoms with van der Waals surface area (Å²) in [5.41, 5.74) is 10.7. The average Bonchev–Trinajstić information content (AvgIpc) is 2.83. The van der Waals surface area contributed by atoms with E-state index in [2.05, 4.69) is 29.5 Å². The highest BCUT2D eigenvalue weighted by atomic mass is 16.3. The van der Waals surface area contributed by atoms with Crippen LogP contribution in [0.4, 0.5) is 5.82 Å². The molecule has 7 heteroatoms. The van der Waals surface area contributed by atoms with E-state index in [1.165, 1.54) is 0 Å². The van der Waals surface area contributed by atoms with Gasteiger partial charge in [0.1, 0.15) is 11.6 Å². The van der Waals surface area contributed by atoms with E-state index in [1.807, 2.05) is 44.2 Å². The largest absolute Gasteiger partial charge is 0.508 e. The highest BCUT2D eigenvalue weighted by molar-refractivity contribution is 5.94. The number of pyridine rings is 1. The van der Waals surface area contributed by atoms with Crippen LogP contribution in [0.25, 0.3) is 0 Å². The van der Waals surface area contributed by atoms with E-state index in [0.29, 0.717) is 48.6 Å². The number of phenolic OH excluding ortho intramolecular Hbond substituents is 1. The number of anilines is 1. The number of aromatic nitrogens is 1. The summed E-state index contributed by atoms with van der Waals surface area (Å²) >= 11 is 0. The molecule has 0 aliphatic rings. The number of aliphatic hydroxyl groups is 1. The highest BCUT2D eigenvalue weighted by Gasteiger charge is 2.20. The van der Waals surface area contributed by atoms with E-state index in [-0.39, 0.29) is 11.4 Å². The Balaban J connectivity index is 1.54. The standard InChI is InChI=1S/C28H36N4O3/c1-18-19(2)24(33)10-8-21(18)12-13-30-27(35)22-7-5-6-20(14-22)15-28(3,4)32-17-25(34)23-9-11-26(29)31-16-23/h5-11,14,16,25,32-34H,12-13,15,17H2,1-4H3,(H2,29,31)(H,30,35). The lowest BCUT2D eigenvalue weighted by molar-refractivity contribution is 0.0954. The zero-order chi connectivity index (χ0) is 25.6. The maximum atomic E-state index is 12.7. The first-order chi connectivity index (χ1) is 16.6. The zero-order valence-corrected chi connectivity index (χ0v) is 20.9. The second-order valence-electron chi connectivity index (χ2n) is 9.67. The lowest BCUT2D eigenvalue weighted by Crippen LogP contribution is -2.43. The van der Waals surface area contributed by atoms with Crippen LogP contribution in [-0.2, 0) is 12.8 Å². The number of nitrogens with two attached hydrogens (primary N) is 1. The number of carbonyl (C=O) groups is 1. The Labute approximate surface area is 207 Å². The van der Waals surface area contributed by atoms with Crippen LogP contribution in [0.2, 0.25) is 0 Å². The van der Waals surface area contributed by atoms with Crippen molar-refractivity contribution < 1.29 is 15.0 Å². The quantitative estimate of drug-likeness (QED) is 0.305. The summed E-state index contributed by atoms with van der Waals surface area (Å²) in [5, 5.41) is 26.7. The van der Waals surface area contributed by atoms with Gasteiger partial charge in [-0.15, -0.1) is 0 Å². The first-order valence-corrected chi connectivity index (χ1v) is 11.9. The summed E-state index contributed by atoms with van der Waals surface area (Å²) in [6.45, 7) is 8.89. The minimum absolute atomic E-state index is 0.114. The van der Waals surface area contributed by atoms with Gasteiger partial charge in [-0.3, -0.25) is 4.79 Å². The van der Waals surface area contributed by atoms with Crippen LogP contribution in [0.5, 0.6) is 5.75 Å². The molecule has 0 saturated heterocycles. The van der Waals surface area contributed by atoms with Gasteiger partial charge in [0.25, 0.3) is 5.91 Å². The van der Waals surface area contributed by atoms with E-state index >= 15 is 0 Å².